The minimum absolute atomic E-state index is 0.0230. The van der Waals surface area contributed by atoms with Crippen LogP contribution in [0, 0.1) is 0 Å². The van der Waals surface area contributed by atoms with Gasteiger partial charge in [-0.15, -0.1) is 0 Å². The normalized spacial score (nSPS) is 13.2. The summed E-state index contributed by atoms with van der Waals surface area (Å²) in [6, 6.07) is 6.94. The summed E-state index contributed by atoms with van der Waals surface area (Å²) < 4.78 is 2.12. The number of fused-ring (bicyclic) bond motifs is 2. The average molecular weight is 309 g/mol. The van der Waals surface area contributed by atoms with Crippen molar-refractivity contribution in [2.45, 2.75) is 25.9 Å². The molecule has 2 N–H and O–H groups in total. The van der Waals surface area contributed by atoms with Crippen molar-refractivity contribution in [3.63, 3.8) is 0 Å². The van der Waals surface area contributed by atoms with Gasteiger partial charge in [0.25, 0.3) is 11.5 Å². The summed E-state index contributed by atoms with van der Waals surface area (Å²) in [5.41, 5.74) is 1.16. The molecule has 0 saturated heterocycles. The molecule has 3 aromatic rings. The molecule has 0 radical (unpaired) electrons. The van der Waals surface area contributed by atoms with Gasteiger partial charge < -0.3 is 14.9 Å². The number of para-hydroxylation sites is 1. The van der Waals surface area contributed by atoms with E-state index in [1.165, 1.54) is 0 Å². The summed E-state index contributed by atoms with van der Waals surface area (Å²) in [6.07, 6.45) is 3.85. The van der Waals surface area contributed by atoms with E-state index in [-0.39, 0.29) is 11.4 Å². The number of nitrogens with one attached hydrogen (secondary N) is 2. The number of carbonyl (C=O) groups is 1. The Hall–Kier alpha value is -2.96. The first-order valence-corrected chi connectivity index (χ1v) is 7.53. The highest BCUT2D eigenvalue weighted by atomic mass is 16.2. The molecule has 0 bridgehead atoms. The van der Waals surface area contributed by atoms with Crippen molar-refractivity contribution in [1.29, 1.82) is 0 Å². The first-order chi connectivity index (χ1) is 11.2. The molecule has 0 saturated carbocycles. The van der Waals surface area contributed by atoms with Crippen molar-refractivity contribution < 1.29 is 4.79 Å². The SMILES string of the molecule is O=C(NCc1cnc2n1CCC2)c1nc2ccccc2c(=O)[nH]1. The van der Waals surface area contributed by atoms with Crippen LogP contribution in [0.2, 0.25) is 0 Å². The summed E-state index contributed by atoms with van der Waals surface area (Å²) >= 11 is 0. The quantitative estimate of drug-likeness (QED) is 0.755. The third-order valence-electron chi connectivity index (χ3n) is 4.06. The van der Waals surface area contributed by atoms with Crippen LogP contribution in [-0.2, 0) is 19.5 Å². The topological polar surface area (TPSA) is 92.7 Å². The third kappa shape index (κ3) is 2.40. The number of nitrogens with zero attached hydrogens (tertiary/aromatic N) is 3. The summed E-state index contributed by atoms with van der Waals surface area (Å²) in [5, 5.41) is 3.26. The maximum absolute atomic E-state index is 12.3. The predicted molar refractivity (Wildman–Crippen MR) is 84.1 cm³/mol. The molecule has 1 amide bonds. The predicted octanol–water partition coefficient (Wildman–Crippen LogP) is 0.996. The molecule has 4 rings (SSSR count). The minimum atomic E-state index is -0.401. The fourth-order valence-corrected chi connectivity index (χ4v) is 2.91. The molecular weight excluding hydrogens is 294 g/mol. The van der Waals surface area contributed by atoms with Crippen LogP contribution in [0.25, 0.3) is 10.9 Å². The molecule has 1 aliphatic heterocycles. The number of hydrogen-bond acceptors (Lipinski definition) is 4. The maximum Gasteiger partial charge on any atom is 0.287 e. The molecule has 7 heteroatoms. The maximum atomic E-state index is 12.3. The average Bonchev–Trinajstić information content (AvgIpc) is 3.16. The lowest BCUT2D eigenvalue weighted by Crippen LogP contribution is -2.28. The zero-order valence-corrected chi connectivity index (χ0v) is 12.4. The highest BCUT2D eigenvalue weighted by Gasteiger charge is 2.17. The Kier molecular flexibility index (Phi) is 3.18. The van der Waals surface area contributed by atoms with Crippen LogP contribution in [0.1, 0.15) is 28.6 Å². The number of amides is 1. The summed E-state index contributed by atoms with van der Waals surface area (Å²) in [5.74, 6) is 0.683. The van der Waals surface area contributed by atoms with Crippen molar-refractivity contribution >= 4 is 16.8 Å². The second kappa shape index (κ2) is 5.35. The molecule has 0 spiro atoms. The minimum Gasteiger partial charge on any atom is -0.344 e. The van der Waals surface area contributed by atoms with E-state index in [4.69, 9.17) is 0 Å². The van der Waals surface area contributed by atoms with E-state index >= 15 is 0 Å². The molecular formula is C16H15N5O2. The Morgan fingerprint density at radius 2 is 2.22 bits per heavy atom. The van der Waals surface area contributed by atoms with Crippen molar-refractivity contribution in [2.24, 2.45) is 0 Å². The highest BCUT2D eigenvalue weighted by molar-refractivity contribution is 5.92. The van der Waals surface area contributed by atoms with E-state index in [2.05, 4.69) is 24.8 Å². The Labute approximate surface area is 131 Å². The number of H-pyrrole nitrogens is 1. The van der Waals surface area contributed by atoms with E-state index in [0.717, 1.165) is 30.9 Å². The largest absolute Gasteiger partial charge is 0.344 e. The van der Waals surface area contributed by atoms with Gasteiger partial charge in [-0.25, -0.2) is 9.97 Å². The number of aromatic amines is 1. The summed E-state index contributed by atoms with van der Waals surface area (Å²) in [7, 11) is 0. The lowest BCUT2D eigenvalue weighted by atomic mass is 10.2. The molecule has 0 unspecified atom stereocenters. The van der Waals surface area contributed by atoms with Gasteiger partial charge in [-0.05, 0) is 18.6 Å². The van der Waals surface area contributed by atoms with E-state index in [9.17, 15) is 9.59 Å². The second-order valence-electron chi connectivity index (χ2n) is 5.54. The molecule has 0 fully saturated rings. The molecule has 23 heavy (non-hydrogen) atoms. The summed E-state index contributed by atoms with van der Waals surface area (Å²) in [6.45, 7) is 1.30. The first kappa shape index (κ1) is 13.7. The standard InChI is InChI=1S/C16H15N5O2/c22-15-11-4-1-2-5-12(11)19-14(20-15)16(23)18-9-10-8-17-13-6-3-7-21(10)13/h1-2,4-5,8H,3,6-7,9H2,(H,18,23)(H,19,20,22). The summed E-state index contributed by atoms with van der Waals surface area (Å²) in [4.78, 5) is 35.4. The van der Waals surface area contributed by atoms with Gasteiger partial charge in [-0.1, -0.05) is 12.1 Å². The van der Waals surface area contributed by atoms with Gasteiger partial charge in [0.15, 0.2) is 5.82 Å². The van der Waals surface area contributed by atoms with E-state index in [1.54, 1.807) is 30.5 Å². The zero-order valence-electron chi connectivity index (χ0n) is 12.4. The number of imidazole rings is 1. The lowest BCUT2D eigenvalue weighted by Gasteiger charge is -2.07. The molecule has 1 aliphatic rings. The number of aromatic nitrogens is 4. The van der Waals surface area contributed by atoms with Gasteiger partial charge in [0.05, 0.1) is 29.3 Å². The van der Waals surface area contributed by atoms with Gasteiger partial charge in [0, 0.05) is 13.0 Å². The molecule has 0 atom stereocenters. The van der Waals surface area contributed by atoms with Crippen molar-refractivity contribution in [2.75, 3.05) is 0 Å². The molecule has 7 nitrogen and oxygen atoms in total. The molecule has 3 heterocycles. The third-order valence-corrected chi connectivity index (χ3v) is 4.06. The Morgan fingerprint density at radius 1 is 1.35 bits per heavy atom. The molecule has 1 aromatic carbocycles. The number of benzene rings is 1. The van der Waals surface area contributed by atoms with Crippen molar-refractivity contribution in [3.8, 4) is 0 Å². The number of aryl methyl sites for hydroxylation is 1. The van der Waals surface area contributed by atoms with Crippen LogP contribution < -0.4 is 10.9 Å². The van der Waals surface area contributed by atoms with E-state index in [0.29, 0.717) is 17.4 Å². The molecule has 2 aromatic heterocycles. The highest BCUT2D eigenvalue weighted by Crippen LogP contribution is 2.15. The van der Waals surface area contributed by atoms with Crippen LogP contribution in [0.4, 0.5) is 0 Å². The Morgan fingerprint density at radius 3 is 3.13 bits per heavy atom. The van der Waals surface area contributed by atoms with Crippen LogP contribution in [-0.4, -0.2) is 25.4 Å². The monoisotopic (exact) mass is 309 g/mol. The van der Waals surface area contributed by atoms with Crippen LogP contribution in [0.15, 0.2) is 35.3 Å². The smallest absolute Gasteiger partial charge is 0.287 e. The fourth-order valence-electron chi connectivity index (χ4n) is 2.91. The van der Waals surface area contributed by atoms with Crippen LogP contribution in [0.5, 0.6) is 0 Å². The van der Waals surface area contributed by atoms with Gasteiger partial charge in [0.2, 0.25) is 0 Å². The molecule has 116 valence electrons. The number of rotatable bonds is 3. The van der Waals surface area contributed by atoms with E-state index < -0.39 is 5.91 Å². The fraction of sp³-hybridized carbons (Fsp3) is 0.250. The van der Waals surface area contributed by atoms with Gasteiger partial charge in [-0.2, -0.15) is 0 Å². The second-order valence-corrected chi connectivity index (χ2v) is 5.54. The molecule has 0 aliphatic carbocycles. The van der Waals surface area contributed by atoms with Crippen LogP contribution in [0.3, 0.4) is 0 Å². The van der Waals surface area contributed by atoms with Crippen molar-refractivity contribution in [3.05, 3.63) is 58.2 Å². The number of hydrogen-bond donors (Lipinski definition) is 2. The van der Waals surface area contributed by atoms with Gasteiger partial charge >= 0.3 is 0 Å². The zero-order chi connectivity index (χ0) is 15.8. The van der Waals surface area contributed by atoms with E-state index in [1.807, 2.05) is 0 Å². The Bertz CT molecular complexity index is 957. The van der Waals surface area contributed by atoms with Crippen LogP contribution >= 0.6 is 0 Å². The van der Waals surface area contributed by atoms with Gasteiger partial charge in [0.1, 0.15) is 5.82 Å². The van der Waals surface area contributed by atoms with Crippen molar-refractivity contribution in [1.82, 2.24) is 24.8 Å². The van der Waals surface area contributed by atoms with Gasteiger partial charge in [-0.3, -0.25) is 9.59 Å². The Balaban J connectivity index is 1.56. The lowest BCUT2D eigenvalue weighted by molar-refractivity contribution is 0.0939. The number of carbonyl (C=O) groups excluding carboxylic acids is 1. The first-order valence-electron chi connectivity index (χ1n) is 7.53.